The molecule has 1 aliphatic rings. The largest absolute Gasteiger partial charge is 0.507 e. The van der Waals surface area contributed by atoms with Crippen LogP contribution < -0.4 is 4.78 Å². The van der Waals surface area contributed by atoms with Crippen LogP contribution >= 0.6 is 11.3 Å². The maximum atomic E-state index is 13.3. The molecule has 2 aromatic rings. The molecule has 0 bridgehead atoms. The average Bonchev–Trinajstić information content (AvgIpc) is 3.01. The summed E-state index contributed by atoms with van der Waals surface area (Å²) in [6, 6.07) is 5.42. The highest BCUT2D eigenvalue weighted by Gasteiger charge is 2.53. The van der Waals surface area contributed by atoms with Crippen LogP contribution in [-0.2, 0) is 15.5 Å². The van der Waals surface area contributed by atoms with E-state index in [1.54, 1.807) is 6.07 Å². The van der Waals surface area contributed by atoms with Crippen LogP contribution in [0.25, 0.3) is 11.3 Å². The number of aromatic nitrogens is 1. The van der Waals surface area contributed by atoms with Crippen molar-refractivity contribution < 1.29 is 22.5 Å². The molecule has 3 nitrogen and oxygen atoms in total. The van der Waals surface area contributed by atoms with Crippen molar-refractivity contribution in [2.45, 2.75) is 45.1 Å². The third-order valence-electron chi connectivity index (χ3n) is 4.55. The zero-order chi connectivity index (χ0) is 17.8. The van der Waals surface area contributed by atoms with E-state index in [0.717, 1.165) is 6.07 Å². The van der Waals surface area contributed by atoms with Gasteiger partial charge in [-0.05, 0) is 33.8 Å². The highest BCUT2D eigenvalue weighted by Crippen LogP contribution is 2.39. The lowest BCUT2D eigenvalue weighted by Gasteiger charge is -2.32. The van der Waals surface area contributed by atoms with Gasteiger partial charge in [-0.25, -0.2) is 4.98 Å². The van der Waals surface area contributed by atoms with E-state index in [4.69, 9.17) is 9.31 Å². The van der Waals surface area contributed by atoms with Gasteiger partial charge in [0.15, 0.2) is 0 Å². The van der Waals surface area contributed by atoms with E-state index in [2.05, 4.69) is 4.98 Å². The lowest BCUT2D eigenvalue weighted by atomic mass is 9.84. The Balaban J connectivity index is 2.05. The summed E-state index contributed by atoms with van der Waals surface area (Å²) in [6.07, 6.45) is -4.45. The monoisotopic (exact) mass is 355 g/mol. The number of nitrogens with zero attached hydrogens (tertiary/aromatic N) is 1. The summed E-state index contributed by atoms with van der Waals surface area (Å²) in [5.41, 5.74) is -0.0376. The first-order valence-corrected chi connectivity index (χ1v) is 8.36. The average molecular weight is 355 g/mol. The van der Waals surface area contributed by atoms with Gasteiger partial charge in [0.25, 0.3) is 0 Å². The molecule has 8 heteroatoms. The Labute approximate surface area is 143 Å². The summed E-state index contributed by atoms with van der Waals surface area (Å²) in [5, 5.41) is 0. The summed E-state index contributed by atoms with van der Waals surface area (Å²) in [5.74, 6) is 0. The first-order chi connectivity index (χ1) is 11.0. The molecule has 24 heavy (non-hydrogen) atoms. The Morgan fingerprint density at radius 1 is 1.04 bits per heavy atom. The number of rotatable bonds is 2. The van der Waals surface area contributed by atoms with E-state index >= 15 is 0 Å². The Kier molecular flexibility index (Phi) is 4.05. The van der Waals surface area contributed by atoms with Crippen LogP contribution in [0.5, 0.6) is 0 Å². The van der Waals surface area contributed by atoms with Gasteiger partial charge >= 0.3 is 13.3 Å². The van der Waals surface area contributed by atoms with E-state index in [0.29, 0.717) is 4.78 Å². The SMILES string of the molecule is CC1(C)OB(c2scnc2-c2ccccc2C(F)(F)F)OC1(C)C. The van der Waals surface area contributed by atoms with Gasteiger partial charge in [0.2, 0.25) is 0 Å². The minimum absolute atomic E-state index is 0.0379. The lowest BCUT2D eigenvalue weighted by molar-refractivity contribution is -0.137. The van der Waals surface area contributed by atoms with E-state index in [-0.39, 0.29) is 11.3 Å². The minimum atomic E-state index is -4.45. The molecule has 1 saturated heterocycles. The van der Waals surface area contributed by atoms with Crippen molar-refractivity contribution in [1.82, 2.24) is 4.98 Å². The number of hydrogen-bond acceptors (Lipinski definition) is 4. The first kappa shape index (κ1) is 17.4. The van der Waals surface area contributed by atoms with Gasteiger partial charge in [0.1, 0.15) is 0 Å². The second-order valence-electron chi connectivity index (χ2n) is 6.70. The van der Waals surface area contributed by atoms with Gasteiger partial charge in [-0.15, -0.1) is 11.3 Å². The van der Waals surface area contributed by atoms with Gasteiger partial charge in [-0.3, -0.25) is 0 Å². The molecule has 0 unspecified atom stereocenters. The molecule has 1 fully saturated rings. The highest BCUT2D eigenvalue weighted by molar-refractivity contribution is 7.21. The van der Waals surface area contributed by atoms with Crippen molar-refractivity contribution in [3.8, 4) is 11.3 Å². The summed E-state index contributed by atoms with van der Waals surface area (Å²) in [4.78, 5) is 4.16. The third kappa shape index (κ3) is 2.87. The molecular formula is C16H17BF3NO2S. The minimum Gasteiger partial charge on any atom is -0.399 e. The normalized spacial score (nSPS) is 19.7. The van der Waals surface area contributed by atoms with Crippen molar-refractivity contribution in [3.05, 3.63) is 35.3 Å². The fourth-order valence-electron chi connectivity index (χ4n) is 2.51. The quantitative estimate of drug-likeness (QED) is 0.760. The summed E-state index contributed by atoms with van der Waals surface area (Å²) in [7, 11) is -0.737. The summed E-state index contributed by atoms with van der Waals surface area (Å²) >= 11 is 1.23. The van der Waals surface area contributed by atoms with Crippen molar-refractivity contribution in [3.63, 3.8) is 0 Å². The van der Waals surface area contributed by atoms with E-state index in [1.807, 2.05) is 27.7 Å². The van der Waals surface area contributed by atoms with Crippen molar-refractivity contribution >= 4 is 23.2 Å². The van der Waals surface area contributed by atoms with Gasteiger partial charge in [-0.2, -0.15) is 13.2 Å². The maximum Gasteiger partial charge on any atom is 0.507 e. The van der Waals surface area contributed by atoms with Crippen molar-refractivity contribution in [2.75, 3.05) is 0 Å². The maximum absolute atomic E-state index is 13.3. The number of benzene rings is 1. The fourth-order valence-corrected chi connectivity index (χ4v) is 3.26. The number of hydrogen-bond donors (Lipinski definition) is 0. The molecule has 128 valence electrons. The topological polar surface area (TPSA) is 31.4 Å². The molecule has 0 radical (unpaired) electrons. The zero-order valence-corrected chi connectivity index (χ0v) is 14.6. The Hall–Kier alpha value is -1.38. The van der Waals surface area contributed by atoms with Crippen LogP contribution in [-0.4, -0.2) is 23.3 Å². The lowest BCUT2D eigenvalue weighted by Crippen LogP contribution is -2.41. The number of thiazole rings is 1. The van der Waals surface area contributed by atoms with Gasteiger partial charge in [0.05, 0.1) is 32.7 Å². The predicted molar refractivity (Wildman–Crippen MR) is 88.3 cm³/mol. The number of alkyl halides is 3. The third-order valence-corrected chi connectivity index (χ3v) is 5.40. The second-order valence-corrected chi connectivity index (χ2v) is 7.58. The Morgan fingerprint density at radius 3 is 2.21 bits per heavy atom. The first-order valence-electron chi connectivity index (χ1n) is 7.48. The molecule has 0 aliphatic carbocycles. The predicted octanol–water partition coefficient (Wildman–Crippen LogP) is 4.13. The molecule has 1 aliphatic heterocycles. The zero-order valence-electron chi connectivity index (χ0n) is 13.8. The molecule has 1 aromatic heterocycles. The Morgan fingerprint density at radius 2 is 1.62 bits per heavy atom. The van der Waals surface area contributed by atoms with E-state index in [1.165, 1.54) is 29.0 Å². The smallest absolute Gasteiger partial charge is 0.399 e. The highest BCUT2D eigenvalue weighted by atomic mass is 32.1. The molecule has 0 saturated carbocycles. The van der Waals surface area contributed by atoms with Crippen LogP contribution in [0, 0.1) is 0 Å². The van der Waals surface area contributed by atoms with Crippen LogP contribution in [0.15, 0.2) is 29.8 Å². The van der Waals surface area contributed by atoms with Gasteiger partial charge < -0.3 is 9.31 Å². The summed E-state index contributed by atoms with van der Waals surface area (Å²) in [6.45, 7) is 7.60. The van der Waals surface area contributed by atoms with Crippen LogP contribution in [0.3, 0.4) is 0 Å². The fraction of sp³-hybridized carbons (Fsp3) is 0.438. The molecule has 0 N–H and O–H groups in total. The van der Waals surface area contributed by atoms with Crippen LogP contribution in [0.2, 0.25) is 0 Å². The second kappa shape index (κ2) is 5.57. The molecule has 1 aromatic carbocycles. The Bertz CT molecular complexity index is 742. The van der Waals surface area contributed by atoms with E-state index in [9.17, 15) is 13.2 Å². The standard InChI is InChI=1S/C16H17BF3NO2S/c1-14(2)15(3,4)23-17(22-14)13-12(21-9-24-13)10-7-5-6-8-11(10)16(18,19)20/h5-9H,1-4H3. The van der Waals surface area contributed by atoms with Crippen molar-refractivity contribution in [1.29, 1.82) is 0 Å². The van der Waals surface area contributed by atoms with E-state index < -0.39 is 30.1 Å². The molecule has 3 rings (SSSR count). The molecular weight excluding hydrogens is 338 g/mol. The number of halogens is 3. The van der Waals surface area contributed by atoms with Gasteiger partial charge in [-0.1, -0.05) is 18.2 Å². The molecule has 0 atom stereocenters. The van der Waals surface area contributed by atoms with Crippen LogP contribution in [0.1, 0.15) is 33.3 Å². The molecule has 2 heterocycles. The molecule has 0 spiro atoms. The van der Waals surface area contributed by atoms with Crippen molar-refractivity contribution in [2.24, 2.45) is 0 Å². The van der Waals surface area contributed by atoms with Crippen LogP contribution in [0.4, 0.5) is 13.2 Å². The summed E-state index contributed by atoms with van der Waals surface area (Å²) < 4.78 is 52.4. The molecule has 0 amide bonds. The van der Waals surface area contributed by atoms with Gasteiger partial charge in [0, 0.05) is 5.56 Å².